The summed E-state index contributed by atoms with van der Waals surface area (Å²) in [7, 11) is 0. The van der Waals surface area contributed by atoms with E-state index in [1.165, 1.54) is 6.07 Å². The molecule has 0 aliphatic carbocycles. The van der Waals surface area contributed by atoms with Gasteiger partial charge in [-0.2, -0.15) is 0 Å². The zero-order valence-electron chi connectivity index (χ0n) is 8.56. The van der Waals surface area contributed by atoms with Crippen molar-refractivity contribution in [1.29, 1.82) is 0 Å². The number of hydrogen-bond donors (Lipinski definition) is 1. The Morgan fingerprint density at radius 3 is 2.75 bits per heavy atom. The van der Waals surface area contributed by atoms with E-state index in [0.717, 1.165) is 10.0 Å². The molecular formula is C12H11BrN2O. The summed E-state index contributed by atoms with van der Waals surface area (Å²) in [6, 6.07) is 11.0. The highest BCUT2D eigenvalue weighted by molar-refractivity contribution is 9.10. The number of pyridine rings is 1. The summed E-state index contributed by atoms with van der Waals surface area (Å²) in [6.07, 6.45) is 1.71. The molecule has 3 nitrogen and oxygen atoms in total. The summed E-state index contributed by atoms with van der Waals surface area (Å²) in [6.45, 7) is 0.554. The van der Waals surface area contributed by atoms with Crippen molar-refractivity contribution in [3.63, 3.8) is 0 Å². The van der Waals surface area contributed by atoms with Crippen LogP contribution in [0.1, 0.15) is 5.56 Å². The lowest BCUT2D eigenvalue weighted by Crippen LogP contribution is -2.19. The van der Waals surface area contributed by atoms with Gasteiger partial charge in [0.15, 0.2) is 0 Å². The summed E-state index contributed by atoms with van der Waals surface area (Å²) in [5.74, 6) is 0. The van der Waals surface area contributed by atoms with E-state index < -0.39 is 0 Å². The summed E-state index contributed by atoms with van der Waals surface area (Å²) >= 11 is 3.40. The molecular weight excluding hydrogens is 268 g/mol. The van der Waals surface area contributed by atoms with Crippen molar-refractivity contribution >= 4 is 21.6 Å². The van der Waals surface area contributed by atoms with E-state index in [-0.39, 0.29) is 5.56 Å². The lowest BCUT2D eigenvalue weighted by atomic mass is 10.2. The van der Waals surface area contributed by atoms with Crippen LogP contribution in [0.25, 0.3) is 0 Å². The fourth-order valence-corrected chi connectivity index (χ4v) is 1.93. The number of anilines is 1. The van der Waals surface area contributed by atoms with Crippen molar-refractivity contribution < 1.29 is 0 Å². The van der Waals surface area contributed by atoms with Gasteiger partial charge in [-0.15, -0.1) is 0 Å². The normalized spacial score (nSPS) is 10.3. The smallest absolute Gasteiger partial charge is 0.252 e. The second-order valence-corrected chi connectivity index (χ2v) is 4.47. The van der Waals surface area contributed by atoms with Gasteiger partial charge in [0.05, 0.1) is 6.54 Å². The molecule has 82 valence electrons. The minimum Gasteiger partial charge on any atom is -0.399 e. The third kappa shape index (κ3) is 2.52. The van der Waals surface area contributed by atoms with Crippen molar-refractivity contribution in [3.8, 4) is 0 Å². The quantitative estimate of drug-likeness (QED) is 0.916. The number of hydrogen-bond acceptors (Lipinski definition) is 2. The van der Waals surface area contributed by atoms with E-state index in [1.807, 2.05) is 24.3 Å². The molecule has 0 saturated heterocycles. The topological polar surface area (TPSA) is 48.0 Å². The van der Waals surface area contributed by atoms with Crippen LogP contribution in [-0.4, -0.2) is 4.57 Å². The maximum absolute atomic E-state index is 11.6. The highest BCUT2D eigenvalue weighted by Gasteiger charge is 1.98. The molecule has 2 rings (SSSR count). The van der Waals surface area contributed by atoms with Crippen LogP contribution < -0.4 is 11.3 Å². The van der Waals surface area contributed by atoms with Crippen LogP contribution in [0.5, 0.6) is 0 Å². The van der Waals surface area contributed by atoms with E-state index >= 15 is 0 Å². The first-order valence-electron chi connectivity index (χ1n) is 4.85. The molecule has 0 bridgehead atoms. The Bertz CT molecular complexity index is 563. The number of aromatic nitrogens is 1. The average molecular weight is 279 g/mol. The molecule has 0 atom stereocenters. The number of nitrogen functional groups attached to an aromatic ring is 1. The molecule has 2 N–H and O–H groups in total. The molecule has 1 heterocycles. The molecule has 16 heavy (non-hydrogen) atoms. The number of halogens is 1. The van der Waals surface area contributed by atoms with Gasteiger partial charge in [-0.05, 0) is 23.8 Å². The molecule has 0 saturated carbocycles. The zero-order chi connectivity index (χ0) is 11.5. The second kappa shape index (κ2) is 4.53. The summed E-state index contributed by atoms with van der Waals surface area (Å²) < 4.78 is 2.63. The monoisotopic (exact) mass is 278 g/mol. The van der Waals surface area contributed by atoms with Crippen molar-refractivity contribution in [2.45, 2.75) is 6.54 Å². The Morgan fingerprint density at radius 1 is 1.25 bits per heavy atom. The van der Waals surface area contributed by atoms with Gasteiger partial charge in [0.25, 0.3) is 5.56 Å². The van der Waals surface area contributed by atoms with Crippen LogP contribution in [0.3, 0.4) is 0 Å². The number of rotatable bonds is 2. The molecule has 0 aliphatic heterocycles. The third-order valence-corrected chi connectivity index (χ3v) is 2.76. The Hall–Kier alpha value is -1.55. The first kappa shape index (κ1) is 11.0. The summed E-state index contributed by atoms with van der Waals surface area (Å²) in [5.41, 5.74) is 7.01. The van der Waals surface area contributed by atoms with Gasteiger partial charge in [-0.3, -0.25) is 4.79 Å². The molecule has 1 aromatic heterocycles. The zero-order valence-corrected chi connectivity index (χ0v) is 10.1. The SMILES string of the molecule is Nc1ccn(Cc2cccc(Br)c2)c(=O)c1. The largest absolute Gasteiger partial charge is 0.399 e. The fraction of sp³-hybridized carbons (Fsp3) is 0.0833. The number of benzene rings is 1. The van der Waals surface area contributed by atoms with E-state index in [4.69, 9.17) is 5.73 Å². The minimum atomic E-state index is -0.0834. The fourth-order valence-electron chi connectivity index (χ4n) is 1.49. The Kier molecular flexibility index (Phi) is 3.10. The molecule has 0 amide bonds. The number of nitrogens with two attached hydrogens (primary N) is 1. The van der Waals surface area contributed by atoms with Crippen LogP contribution in [0.4, 0.5) is 5.69 Å². The van der Waals surface area contributed by atoms with Gasteiger partial charge < -0.3 is 10.3 Å². The molecule has 2 aromatic rings. The van der Waals surface area contributed by atoms with Crippen molar-refractivity contribution in [3.05, 3.63) is 63.0 Å². The lowest BCUT2D eigenvalue weighted by Gasteiger charge is -2.06. The van der Waals surface area contributed by atoms with Crippen molar-refractivity contribution in [2.75, 3.05) is 5.73 Å². The Labute approximate surface area is 102 Å². The maximum Gasteiger partial charge on any atom is 0.252 e. The molecule has 0 fully saturated rings. The standard InChI is InChI=1S/C12H11BrN2O/c13-10-3-1-2-9(6-10)8-15-5-4-11(14)7-12(15)16/h1-7H,8,14H2. The van der Waals surface area contributed by atoms with Gasteiger partial charge in [-0.25, -0.2) is 0 Å². The van der Waals surface area contributed by atoms with Crippen LogP contribution in [0.15, 0.2) is 51.9 Å². The Balaban J connectivity index is 2.31. The van der Waals surface area contributed by atoms with Crippen LogP contribution in [0, 0.1) is 0 Å². The molecule has 4 heteroatoms. The minimum absolute atomic E-state index is 0.0834. The first-order chi connectivity index (χ1) is 7.65. The highest BCUT2D eigenvalue weighted by atomic mass is 79.9. The molecule has 1 aromatic carbocycles. The van der Waals surface area contributed by atoms with Gasteiger partial charge in [0, 0.05) is 22.4 Å². The molecule has 0 spiro atoms. The van der Waals surface area contributed by atoms with Gasteiger partial charge >= 0.3 is 0 Å². The lowest BCUT2D eigenvalue weighted by molar-refractivity contribution is 0.760. The molecule has 0 unspecified atom stereocenters. The first-order valence-corrected chi connectivity index (χ1v) is 5.65. The molecule has 0 aliphatic rings. The van der Waals surface area contributed by atoms with Gasteiger partial charge in [0.2, 0.25) is 0 Å². The van der Waals surface area contributed by atoms with Crippen molar-refractivity contribution in [1.82, 2.24) is 4.57 Å². The molecule has 0 radical (unpaired) electrons. The third-order valence-electron chi connectivity index (χ3n) is 2.26. The van der Waals surface area contributed by atoms with Crippen LogP contribution in [-0.2, 0) is 6.54 Å². The van der Waals surface area contributed by atoms with Crippen LogP contribution >= 0.6 is 15.9 Å². The van der Waals surface area contributed by atoms with Crippen molar-refractivity contribution in [2.24, 2.45) is 0 Å². The van der Waals surface area contributed by atoms with E-state index in [9.17, 15) is 4.79 Å². The second-order valence-electron chi connectivity index (χ2n) is 3.56. The number of nitrogens with zero attached hydrogens (tertiary/aromatic N) is 1. The van der Waals surface area contributed by atoms with Gasteiger partial charge in [0.1, 0.15) is 0 Å². The Morgan fingerprint density at radius 2 is 2.06 bits per heavy atom. The van der Waals surface area contributed by atoms with Gasteiger partial charge in [-0.1, -0.05) is 28.1 Å². The van der Waals surface area contributed by atoms with E-state index in [0.29, 0.717) is 12.2 Å². The summed E-state index contributed by atoms with van der Waals surface area (Å²) in [5, 5.41) is 0. The predicted octanol–water partition coefficient (Wildman–Crippen LogP) is 2.24. The average Bonchev–Trinajstić information content (AvgIpc) is 2.22. The van der Waals surface area contributed by atoms with E-state index in [2.05, 4.69) is 15.9 Å². The predicted molar refractivity (Wildman–Crippen MR) is 68.4 cm³/mol. The highest BCUT2D eigenvalue weighted by Crippen LogP contribution is 2.12. The van der Waals surface area contributed by atoms with E-state index in [1.54, 1.807) is 16.8 Å². The summed E-state index contributed by atoms with van der Waals surface area (Å²) in [4.78, 5) is 11.6. The maximum atomic E-state index is 11.6. The van der Waals surface area contributed by atoms with Crippen LogP contribution in [0.2, 0.25) is 0 Å².